The number of thiocarbonyl (C=S) groups is 1. The van der Waals surface area contributed by atoms with Gasteiger partial charge in [0.25, 0.3) is 0 Å². The van der Waals surface area contributed by atoms with E-state index in [2.05, 4.69) is 59.2 Å². The average molecular weight is 316 g/mol. The van der Waals surface area contributed by atoms with Crippen LogP contribution in [0.25, 0.3) is 0 Å². The van der Waals surface area contributed by atoms with Gasteiger partial charge in [-0.15, -0.1) is 0 Å². The molecular weight excluding hydrogens is 304 g/mol. The molecule has 2 atom stereocenters. The van der Waals surface area contributed by atoms with Crippen molar-refractivity contribution in [2.24, 2.45) is 0 Å². The van der Waals surface area contributed by atoms with E-state index in [0.29, 0.717) is 0 Å². The highest BCUT2D eigenvalue weighted by molar-refractivity contribution is 8.04. The van der Waals surface area contributed by atoms with Crippen molar-refractivity contribution < 1.29 is 0 Å². The highest BCUT2D eigenvalue weighted by Gasteiger charge is 2.32. The highest BCUT2D eigenvalue weighted by Crippen LogP contribution is 2.44. The lowest BCUT2D eigenvalue weighted by Crippen LogP contribution is -2.32. The maximum absolute atomic E-state index is 5.70. The second-order valence-electron chi connectivity index (χ2n) is 4.68. The summed E-state index contributed by atoms with van der Waals surface area (Å²) in [5.74, 6) is 0. The molecule has 0 saturated carbocycles. The third kappa shape index (κ3) is 2.10. The van der Waals surface area contributed by atoms with Crippen LogP contribution in [0.1, 0.15) is 0 Å². The summed E-state index contributed by atoms with van der Waals surface area (Å²) in [7, 11) is 0. The SMILES string of the molecule is S=C(C1Nc2ccccc2S1)C1Nc2ccccc2S1. The first kappa shape index (κ1) is 12.6. The fourth-order valence-electron chi connectivity index (χ4n) is 2.37. The van der Waals surface area contributed by atoms with Crippen molar-refractivity contribution in [3.63, 3.8) is 0 Å². The zero-order chi connectivity index (χ0) is 13.5. The zero-order valence-corrected chi connectivity index (χ0v) is 12.9. The number of rotatable bonds is 2. The first-order valence-corrected chi connectivity index (χ1v) is 8.56. The molecule has 0 fully saturated rings. The lowest BCUT2D eigenvalue weighted by Gasteiger charge is -2.18. The van der Waals surface area contributed by atoms with E-state index in [1.165, 1.54) is 21.2 Å². The second kappa shape index (κ2) is 4.98. The molecule has 0 amide bonds. The van der Waals surface area contributed by atoms with E-state index in [1.54, 1.807) is 23.5 Å². The van der Waals surface area contributed by atoms with Gasteiger partial charge in [-0.1, -0.05) is 60.0 Å². The Morgan fingerprint density at radius 1 is 0.800 bits per heavy atom. The standard InChI is InChI=1S/C15H12N2S3/c18-13(14-16-9-5-1-3-7-11(9)19-14)15-17-10-6-2-4-8-12(10)20-15/h1-8,14-17H. The summed E-state index contributed by atoms with van der Waals surface area (Å²) in [6.07, 6.45) is 0. The van der Waals surface area contributed by atoms with Gasteiger partial charge in [-0.05, 0) is 24.3 Å². The van der Waals surface area contributed by atoms with Crippen molar-refractivity contribution in [2.75, 3.05) is 10.6 Å². The normalized spacial score (nSPS) is 22.6. The number of fused-ring (bicyclic) bond motifs is 2. The molecule has 2 aromatic rings. The molecule has 2 aromatic carbocycles. The van der Waals surface area contributed by atoms with Gasteiger partial charge in [0.15, 0.2) is 0 Å². The minimum absolute atomic E-state index is 0.168. The zero-order valence-electron chi connectivity index (χ0n) is 10.5. The Morgan fingerprint density at radius 2 is 1.25 bits per heavy atom. The van der Waals surface area contributed by atoms with Crippen molar-refractivity contribution >= 4 is 52.0 Å². The van der Waals surface area contributed by atoms with Gasteiger partial charge in [0.2, 0.25) is 0 Å². The Labute approximate surface area is 131 Å². The molecular formula is C15H12N2S3. The van der Waals surface area contributed by atoms with E-state index < -0.39 is 0 Å². The van der Waals surface area contributed by atoms with Crippen LogP contribution >= 0.6 is 35.7 Å². The maximum atomic E-state index is 5.70. The summed E-state index contributed by atoms with van der Waals surface area (Å²) in [6, 6.07) is 16.7. The molecule has 2 aliphatic heterocycles. The van der Waals surface area contributed by atoms with Crippen molar-refractivity contribution in [1.29, 1.82) is 0 Å². The van der Waals surface area contributed by atoms with E-state index in [1.807, 2.05) is 0 Å². The van der Waals surface area contributed by atoms with E-state index in [4.69, 9.17) is 12.2 Å². The topological polar surface area (TPSA) is 24.1 Å². The number of anilines is 2. The molecule has 0 bridgehead atoms. The Bertz CT molecular complexity index is 579. The summed E-state index contributed by atoms with van der Waals surface area (Å²) in [6.45, 7) is 0. The van der Waals surface area contributed by atoms with Crippen LogP contribution in [0.15, 0.2) is 58.3 Å². The van der Waals surface area contributed by atoms with Gasteiger partial charge in [-0.25, -0.2) is 0 Å². The first-order chi connectivity index (χ1) is 9.81. The molecule has 0 aromatic heterocycles. The molecule has 0 spiro atoms. The molecule has 0 saturated heterocycles. The molecule has 2 N–H and O–H groups in total. The minimum Gasteiger partial charge on any atom is -0.368 e. The number of nitrogens with one attached hydrogen (secondary N) is 2. The van der Waals surface area contributed by atoms with Crippen LogP contribution in [0, 0.1) is 0 Å². The predicted molar refractivity (Wildman–Crippen MR) is 92.0 cm³/mol. The fraction of sp³-hybridized carbons (Fsp3) is 0.133. The number of benzene rings is 2. The van der Waals surface area contributed by atoms with Crippen LogP contribution in [0.5, 0.6) is 0 Å². The molecule has 2 aliphatic rings. The van der Waals surface area contributed by atoms with Crippen LogP contribution in [0.4, 0.5) is 11.4 Å². The van der Waals surface area contributed by atoms with Gasteiger partial charge in [0, 0.05) is 21.2 Å². The van der Waals surface area contributed by atoms with E-state index in [-0.39, 0.29) is 10.7 Å². The quantitative estimate of drug-likeness (QED) is 0.798. The Hall–Kier alpha value is -1.17. The predicted octanol–water partition coefficient (Wildman–Crippen LogP) is 4.44. The minimum atomic E-state index is 0.168. The fourth-order valence-corrected chi connectivity index (χ4v) is 5.07. The average Bonchev–Trinajstić information content (AvgIpc) is 3.10. The van der Waals surface area contributed by atoms with Crippen molar-refractivity contribution in [3.05, 3.63) is 48.5 Å². The molecule has 2 nitrogen and oxygen atoms in total. The number of hydrogen-bond donors (Lipinski definition) is 2. The summed E-state index contributed by atoms with van der Waals surface area (Å²) < 4.78 is 0. The van der Waals surface area contributed by atoms with Gasteiger partial charge in [0.1, 0.15) is 10.7 Å². The summed E-state index contributed by atoms with van der Waals surface area (Å²) in [5.41, 5.74) is 2.37. The van der Waals surface area contributed by atoms with Crippen LogP contribution in [-0.2, 0) is 0 Å². The first-order valence-electron chi connectivity index (χ1n) is 6.39. The molecule has 0 radical (unpaired) electrons. The van der Waals surface area contributed by atoms with Crippen molar-refractivity contribution in [2.45, 2.75) is 20.5 Å². The lowest BCUT2D eigenvalue weighted by molar-refractivity contribution is 1.26. The maximum Gasteiger partial charge on any atom is 0.112 e. The van der Waals surface area contributed by atoms with Gasteiger partial charge < -0.3 is 10.6 Å². The number of hydrogen-bond acceptors (Lipinski definition) is 5. The Kier molecular flexibility index (Phi) is 3.13. The van der Waals surface area contributed by atoms with Crippen molar-refractivity contribution in [1.82, 2.24) is 0 Å². The highest BCUT2D eigenvalue weighted by atomic mass is 32.2. The second-order valence-corrected chi connectivity index (χ2v) is 7.44. The molecule has 4 rings (SSSR count). The lowest BCUT2D eigenvalue weighted by atomic mass is 10.3. The Morgan fingerprint density at radius 3 is 1.70 bits per heavy atom. The molecule has 0 aliphatic carbocycles. The number of para-hydroxylation sites is 2. The van der Waals surface area contributed by atoms with E-state index in [0.717, 1.165) is 4.86 Å². The van der Waals surface area contributed by atoms with Crippen LogP contribution < -0.4 is 10.6 Å². The number of thioether (sulfide) groups is 2. The van der Waals surface area contributed by atoms with Crippen LogP contribution in [0.3, 0.4) is 0 Å². The smallest absolute Gasteiger partial charge is 0.112 e. The van der Waals surface area contributed by atoms with Gasteiger partial charge in [-0.3, -0.25) is 0 Å². The summed E-state index contributed by atoms with van der Waals surface area (Å²) >= 11 is 9.31. The monoisotopic (exact) mass is 316 g/mol. The van der Waals surface area contributed by atoms with E-state index >= 15 is 0 Å². The molecule has 100 valence electrons. The third-order valence-corrected chi connectivity index (χ3v) is 6.56. The molecule has 2 heterocycles. The van der Waals surface area contributed by atoms with E-state index in [9.17, 15) is 0 Å². The molecule has 2 unspecified atom stereocenters. The molecule has 5 heteroatoms. The van der Waals surface area contributed by atoms with Gasteiger partial charge in [0.05, 0.1) is 4.86 Å². The largest absolute Gasteiger partial charge is 0.368 e. The van der Waals surface area contributed by atoms with Crippen molar-refractivity contribution in [3.8, 4) is 0 Å². The van der Waals surface area contributed by atoms with Crippen LogP contribution in [-0.4, -0.2) is 15.6 Å². The molecule has 20 heavy (non-hydrogen) atoms. The van der Waals surface area contributed by atoms with Gasteiger partial charge >= 0.3 is 0 Å². The third-order valence-electron chi connectivity index (χ3n) is 3.35. The summed E-state index contributed by atoms with van der Waals surface area (Å²) in [4.78, 5) is 3.58. The Balaban J connectivity index is 1.51. The summed E-state index contributed by atoms with van der Waals surface area (Å²) in [5, 5.41) is 7.35. The van der Waals surface area contributed by atoms with Gasteiger partial charge in [-0.2, -0.15) is 0 Å². The van der Waals surface area contributed by atoms with Crippen LogP contribution in [0.2, 0.25) is 0 Å².